The van der Waals surface area contributed by atoms with Crippen LogP contribution in [0.1, 0.15) is 24.8 Å². The molecule has 1 spiro atoms. The van der Waals surface area contributed by atoms with Gasteiger partial charge in [0.25, 0.3) is 0 Å². The van der Waals surface area contributed by atoms with Gasteiger partial charge in [-0.1, -0.05) is 30.3 Å². The smallest absolute Gasteiger partial charge is 0.226 e. The average Bonchev–Trinajstić information content (AvgIpc) is 3.29. The van der Waals surface area contributed by atoms with Crippen LogP contribution in [0.3, 0.4) is 0 Å². The van der Waals surface area contributed by atoms with Crippen LogP contribution in [0.5, 0.6) is 0 Å². The summed E-state index contributed by atoms with van der Waals surface area (Å²) in [4.78, 5) is 17.4. The standard InChI is InChI=1S/C19H27N3O/c23-18(17-14-19(17)6-8-20-9-7-19)22-12-10-21(11-13-22)15-16-4-2-1-3-5-16/h1-5,17,20H,6-15H2. The lowest BCUT2D eigenvalue weighted by Gasteiger charge is -2.35. The van der Waals surface area contributed by atoms with Crippen LogP contribution in [0.2, 0.25) is 0 Å². The number of nitrogens with one attached hydrogen (secondary N) is 1. The van der Waals surface area contributed by atoms with E-state index in [1.165, 1.54) is 18.4 Å². The Bertz CT molecular complexity index is 545. The lowest BCUT2D eigenvalue weighted by Crippen LogP contribution is -2.49. The predicted molar refractivity (Wildman–Crippen MR) is 90.9 cm³/mol. The van der Waals surface area contributed by atoms with Crippen LogP contribution >= 0.6 is 0 Å². The SMILES string of the molecule is O=C(C1CC12CCNCC2)N1CCN(Cc2ccccc2)CC1. The van der Waals surface area contributed by atoms with Crippen LogP contribution < -0.4 is 5.32 Å². The molecule has 2 heterocycles. The zero-order valence-corrected chi connectivity index (χ0v) is 13.8. The molecule has 4 nitrogen and oxygen atoms in total. The molecule has 0 bridgehead atoms. The first-order chi connectivity index (χ1) is 11.3. The van der Waals surface area contributed by atoms with E-state index in [0.717, 1.165) is 52.2 Å². The monoisotopic (exact) mass is 313 g/mol. The molecule has 3 aliphatic rings. The van der Waals surface area contributed by atoms with Gasteiger partial charge in [-0.2, -0.15) is 0 Å². The summed E-state index contributed by atoms with van der Waals surface area (Å²) in [5.74, 6) is 0.761. The number of hydrogen-bond donors (Lipinski definition) is 1. The normalized spacial score (nSPS) is 27.1. The largest absolute Gasteiger partial charge is 0.340 e. The molecule has 1 aliphatic carbocycles. The van der Waals surface area contributed by atoms with Gasteiger partial charge in [0.1, 0.15) is 0 Å². The van der Waals surface area contributed by atoms with Crippen LogP contribution in [0, 0.1) is 11.3 Å². The second kappa shape index (κ2) is 6.25. The Balaban J connectivity index is 1.27. The van der Waals surface area contributed by atoms with Crippen molar-refractivity contribution >= 4 is 5.91 Å². The van der Waals surface area contributed by atoms with E-state index in [0.29, 0.717) is 17.2 Å². The molecule has 23 heavy (non-hydrogen) atoms. The molecule has 1 unspecified atom stereocenters. The molecule has 1 saturated carbocycles. The summed E-state index contributed by atoms with van der Waals surface area (Å²) in [5.41, 5.74) is 1.73. The topological polar surface area (TPSA) is 35.6 Å². The Morgan fingerprint density at radius 3 is 2.48 bits per heavy atom. The van der Waals surface area contributed by atoms with Crippen LogP contribution in [0.4, 0.5) is 0 Å². The van der Waals surface area contributed by atoms with Gasteiger partial charge in [-0.3, -0.25) is 9.69 Å². The Kier molecular flexibility index (Phi) is 4.12. The predicted octanol–water partition coefficient (Wildman–Crippen LogP) is 1.72. The molecule has 0 radical (unpaired) electrons. The molecule has 3 fully saturated rings. The number of hydrogen-bond acceptors (Lipinski definition) is 3. The molecule has 4 heteroatoms. The van der Waals surface area contributed by atoms with Crippen molar-refractivity contribution in [3.8, 4) is 0 Å². The van der Waals surface area contributed by atoms with Gasteiger partial charge in [0.05, 0.1) is 0 Å². The second-order valence-electron chi connectivity index (χ2n) is 7.46. The molecule has 1 aromatic rings. The van der Waals surface area contributed by atoms with E-state index in [-0.39, 0.29) is 0 Å². The van der Waals surface area contributed by atoms with Crippen LogP contribution in [0.15, 0.2) is 30.3 Å². The van der Waals surface area contributed by atoms with E-state index in [2.05, 4.69) is 45.4 Å². The summed E-state index contributed by atoms with van der Waals surface area (Å²) in [6, 6.07) is 10.6. The summed E-state index contributed by atoms with van der Waals surface area (Å²) in [5, 5.41) is 3.42. The van der Waals surface area contributed by atoms with Crippen molar-refractivity contribution in [3.63, 3.8) is 0 Å². The number of carbonyl (C=O) groups excluding carboxylic acids is 1. The van der Waals surface area contributed by atoms with Crippen LogP contribution in [0.25, 0.3) is 0 Å². The molecule has 124 valence electrons. The maximum absolute atomic E-state index is 12.8. The van der Waals surface area contributed by atoms with Gasteiger partial charge in [-0.25, -0.2) is 0 Å². The van der Waals surface area contributed by atoms with Gasteiger partial charge in [0, 0.05) is 38.6 Å². The maximum Gasteiger partial charge on any atom is 0.226 e. The van der Waals surface area contributed by atoms with E-state index in [4.69, 9.17) is 0 Å². The molecular weight excluding hydrogens is 286 g/mol. The number of rotatable bonds is 3. The fourth-order valence-electron chi connectivity index (χ4n) is 4.36. The highest BCUT2D eigenvalue weighted by atomic mass is 16.2. The minimum atomic E-state index is 0.324. The Morgan fingerprint density at radius 1 is 1.09 bits per heavy atom. The van der Waals surface area contributed by atoms with Crippen LogP contribution in [-0.2, 0) is 11.3 Å². The zero-order chi connectivity index (χ0) is 15.7. The summed E-state index contributed by atoms with van der Waals surface area (Å²) in [6.45, 7) is 6.99. The number of nitrogens with zero attached hydrogens (tertiary/aromatic N) is 2. The number of carbonyl (C=O) groups is 1. The number of amides is 1. The molecule has 1 N–H and O–H groups in total. The lowest BCUT2D eigenvalue weighted by molar-refractivity contribution is -0.135. The lowest BCUT2D eigenvalue weighted by atomic mass is 9.91. The molecule has 1 atom stereocenters. The number of piperazine rings is 1. The van der Waals surface area contributed by atoms with Crippen molar-refractivity contribution in [3.05, 3.63) is 35.9 Å². The van der Waals surface area contributed by atoms with Gasteiger partial charge in [-0.15, -0.1) is 0 Å². The van der Waals surface area contributed by atoms with Crippen molar-refractivity contribution in [2.24, 2.45) is 11.3 Å². The highest BCUT2D eigenvalue weighted by Crippen LogP contribution is 2.59. The van der Waals surface area contributed by atoms with Crippen molar-refractivity contribution < 1.29 is 4.79 Å². The van der Waals surface area contributed by atoms with Gasteiger partial charge in [-0.05, 0) is 43.3 Å². The van der Waals surface area contributed by atoms with E-state index in [1.807, 2.05) is 0 Å². The Labute approximate surface area is 138 Å². The number of piperidine rings is 1. The van der Waals surface area contributed by atoms with E-state index >= 15 is 0 Å². The number of benzene rings is 1. The average molecular weight is 313 g/mol. The zero-order valence-electron chi connectivity index (χ0n) is 13.8. The summed E-state index contributed by atoms with van der Waals surface area (Å²) in [6.07, 6.45) is 3.52. The first-order valence-corrected chi connectivity index (χ1v) is 9.03. The highest BCUT2D eigenvalue weighted by molar-refractivity contribution is 5.83. The molecule has 4 rings (SSSR count). The third kappa shape index (κ3) is 3.15. The minimum Gasteiger partial charge on any atom is -0.340 e. The van der Waals surface area contributed by atoms with Crippen LogP contribution in [-0.4, -0.2) is 55.0 Å². The van der Waals surface area contributed by atoms with Crippen molar-refractivity contribution in [2.45, 2.75) is 25.8 Å². The fourth-order valence-corrected chi connectivity index (χ4v) is 4.36. The van der Waals surface area contributed by atoms with Gasteiger partial charge >= 0.3 is 0 Å². The first-order valence-electron chi connectivity index (χ1n) is 9.03. The summed E-state index contributed by atoms with van der Waals surface area (Å²) in [7, 11) is 0. The molecule has 1 aromatic carbocycles. The van der Waals surface area contributed by atoms with Crippen molar-refractivity contribution in [2.75, 3.05) is 39.3 Å². The van der Waals surface area contributed by atoms with E-state index < -0.39 is 0 Å². The molecule has 2 saturated heterocycles. The summed E-state index contributed by atoms with van der Waals surface area (Å²) >= 11 is 0. The third-order valence-electron chi connectivity index (χ3n) is 6.02. The third-order valence-corrected chi connectivity index (χ3v) is 6.02. The molecule has 1 amide bonds. The quantitative estimate of drug-likeness (QED) is 0.923. The highest BCUT2D eigenvalue weighted by Gasteiger charge is 2.58. The maximum atomic E-state index is 12.8. The fraction of sp³-hybridized carbons (Fsp3) is 0.632. The van der Waals surface area contributed by atoms with E-state index in [9.17, 15) is 4.79 Å². The first kappa shape index (κ1) is 15.2. The Hall–Kier alpha value is -1.39. The van der Waals surface area contributed by atoms with Crippen molar-refractivity contribution in [1.29, 1.82) is 0 Å². The van der Waals surface area contributed by atoms with Crippen molar-refractivity contribution in [1.82, 2.24) is 15.1 Å². The molecular formula is C19H27N3O. The van der Waals surface area contributed by atoms with E-state index in [1.54, 1.807) is 0 Å². The Morgan fingerprint density at radius 2 is 1.78 bits per heavy atom. The van der Waals surface area contributed by atoms with Gasteiger partial charge in [0.15, 0.2) is 0 Å². The molecule has 2 aliphatic heterocycles. The summed E-state index contributed by atoms with van der Waals surface area (Å²) < 4.78 is 0. The second-order valence-corrected chi connectivity index (χ2v) is 7.46. The molecule has 0 aromatic heterocycles. The van der Waals surface area contributed by atoms with Gasteiger partial charge in [0.2, 0.25) is 5.91 Å². The minimum absolute atomic E-state index is 0.324. The van der Waals surface area contributed by atoms with Gasteiger partial charge < -0.3 is 10.2 Å².